The highest BCUT2D eigenvalue weighted by Crippen LogP contribution is 2.41. The van der Waals surface area contributed by atoms with Crippen LogP contribution in [0.5, 0.6) is 11.5 Å². The van der Waals surface area contributed by atoms with E-state index in [0.717, 1.165) is 28.2 Å². The summed E-state index contributed by atoms with van der Waals surface area (Å²) in [6.45, 7) is 0.895. The maximum absolute atomic E-state index is 11.5. The van der Waals surface area contributed by atoms with Crippen LogP contribution in [0.4, 0.5) is 0 Å². The lowest BCUT2D eigenvalue weighted by Gasteiger charge is -2.32. The first kappa shape index (κ1) is 14.9. The van der Waals surface area contributed by atoms with Crippen LogP contribution in [0.3, 0.4) is 0 Å². The zero-order valence-corrected chi connectivity index (χ0v) is 13.2. The molecule has 2 aromatic rings. The van der Waals surface area contributed by atoms with E-state index in [0.29, 0.717) is 13.2 Å². The van der Waals surface area contributed by atoms with Crippen LogP contribution in [0, 0.1) is 0 Å². The first-order chi connectivity index (χ1) is 10.5. The summed E-state index contributed by atoms with van der Waals surface area (Å²) in [5, 5.41) is 11.5. The lowest BCUT2D eigenvalue weighted by molar-refractivity contribution is 0.0507. The quantitative estimate of drug-likeness (QED) is 0.945. The SMILES string of the molecule is COc1ccc2c(c1)COc1ccccc1C2(O)CN(C)C. The van der Waals surface area contributed by atoms with Gasteiger partial charge in [-0.25, -0.2) is 0 Å². The smallest absolute Gasteiger partial charge is 0.131 e. The Labute approximate surface area is 130 Å². The van der Waals surface area contributed by atoms with Crippen molar-refractivity contribution in [2.45, 2.75) is 12.2 Å². The van der Waals surface area contributed by atoms with Gasteiger partial charge < -0.3 is 19.5 Å². The third-order valence-electron chi connectivity index (χ3n) is 4.02. The predicted octanol–water partition coefficient (Wildman–Crippen LogP) is 2.39. The van der Waals surface area contributed by atoms with Gasteiger partial charge in [-0.2, -0.15) is 0 Å². The van der Waals surface area contributed by atoms with Crippen LogP contribution in [0.15, 0.2) is 42.5 Å². The minimum atomic E-state index is -1.11. The Bertz CT molecular complexity index is 684. The van der Waals surface area contributed by atoms with Crippen LogP contribution in [0.25, 0.3) is 0 Å². The van der Waals surface area contributed by atoms with E-state index in [1.165, 1.54) is 0 Å². The Balaban J connectivity index is 2.21. The molecule has 0 aliphatic carbocycles. The second-order valence-electron chi connectivity index (χ2n) is 5.91. The molecule has 1 aliphatic heterocycles. The highest BCUT2D eigenvalue weighted by Gasteiger charge is 2.38. The van der Waals surface area contributed by atoms with E-state index < -0.39 is 5.60 Å². The fourth-order valence-electron chi connectivity index (χ4n) is 3.08. The third kappa shape index (κ3) is 2.45. The van der Waals surface area contributed by atoms with Crippen molar-refractivity contribution in [3.63, 3.8) is 0 Å². The molecule has 0 aromatic heterocycles. The van der Waals surface area contributed by atoms with Crippen LogP contribution >= 0.6 is 0 Å². The van der Waals surface area contributed by atoms with E-state index in [-0.39, 0.29) is 0 Å². The van der Waals surface area contributed by atoms with E-state index in [1.807, 2.05) is 61.5 Å². The summed E-state index contributed by atoms with van der Waals surface area (Å²) in [5.74, 6) is 1.49. The van der Waals surface area contributed by atoms with E-state index in [1.54, 1.807) is 7.11 Å². The summed E-state index contributed by atoms with van der Waals surface area (Å²) in [6, 6.07) is 13.4. The molecule has 22 heavy (non-hydrogen) atoms. The number of nitrogens with zero attached hydrogens (tertiary/aromatic N) is 1. The average Bonchev–Trinajstić information content (AvgIpc) is 2.62. The van der Waals surface area contributed by atoms with Gasteiger partial charge in [0, 0.05) is 12.1 Å². The number of para-hydroxylation sites is 1. The number of hydrogen-bond acceptors (Lipinski definition) is 4. The second-order valence-corrected chi connectivity index (χ2v) is 5.91. The molecular weight excluding hydrogens is 278 g/mol. The zero-order valence-electron chi connectivity index (χ0n) is 13.2. The van der Waals surface area contributed by atoms with Crippen LogP contribution in [-0.4, -0.2) is 37.8 Å². The molecule has 1 aliphatic rings. The van der Waals surface area contributed by atoms with Crippen molar-refractivity contribution in [2.75, 3.05) is 27.7 Å². The minimum Gasteiger partial charge on any atom is -0.497 e. The molecule has 3 rings (SSSR count). The van der Waals surface area contributed by atoms with Gasteiger partial charge in [-0.3, -0.25) is 0 Å². The van der Waals surface area contributed by atoms with Crippen LogP contribution in [0.1, 0.15) is 16.7 Å². The first-order valence-electron chi connectivity index (χ1n) is 7.31. The molecule has 116 valence electrons. The molecule has 0 bridgehead atoms. The Hall–Kier alpha value is -2.04. The molecule has 4 nitrogen and oxygen atoms in total. The van der Waals surface area contributed by atoms with E-state index >= 15 is 0 Å². The van der Waals surface area contributed by atoms with Gasteiger partial charge in [0.2, 0.25) is 0 Å². The fourth-order valence-corrected chi connectivity index (χ4v) is 3.08. The fraction of sp³-hybridized carbons (Fsp3) is 0.333. The van der Waals surface area contributed by atoms with Crippen molar-refractivity contribution in [3.8, 4) is 11.5 Å². The Morgan fingerprint density at radius 2 is 1.95 bits per heavy atom. The highest BCUT2D eigenvalue weighted by molar-refractivity contribution is 5.51. The van der Waals surface area contributed by atoms with Gasteiger partial charge in [-0.1, -0.05) is 24.3 Å². The number of methoxy groups -OCH3 is 1. The third-order valence-corrected chi connectivity index (χ3v) is 4.02. The van der Waals surface area contributed by atoms with Crippen LogP contribution < -0.4 is 9.47 Å². The molecule has 0 fully saturated rings. The van der Waals surface area contributed by atoms with Crippen molar-refractivity contribution in [1.82, 2.24) is 4.90 Å². The molecule has 0 spiro atoms. The number of fused-ring (bicyclic) bond motifs is 2. The first-order valence-corrected chi connectivity index (χ1v) is 7.31. The number of hydrogen-bond donors (Lipinski definition) is 1. The summed E-state index contributed by atoms with van der Waals surface area (Å²) < 4.78 is 11.2. The van der Waals surface area contributed by atoms with Gasteiger partial charge in [0.25, 0.3) is 0 Å². The molecule has 0 saturated carbocycles. The van der Waals surface area contributed by atoms with Crippen molar-refractivity contribution >= 4 is 0 Å². The summed E-state index contributed by atoms with van der Waals surface area (Å²) in [5.41, 5.74) is 1.50. The minimum absolute atomic E-state index is 0.416. The van der Waals surface area contributed by atoms with Crippen LogP contribution in [-0.2, 0) is 12.2 Å². The largest absolute Gasteiger partial charge is 0.497 e. The number of rotatable bonds is 3. The monoisotopic (exact) mass is 299 g/mol. The van der Waals surface area contributed by atoms with Gasteiger partial charge in [0.05, 0.1) is 7.11 Å². The Morgan fingerprint density at radius 1 is 1.18 bits per heavy atom. The van der Waals surface area contributed by atoms with E-state index in [4.69, 9.17) is 9.47 Å². The molecule has 1 unspecified atom stereocenters. The van der Waals surface area contributed by atoms with E-state index in [2.05, 4.69) is 0 Å². The molecule has 1 N–H and O–H groups in total. The van der Waals surface area contributed by atoms with E-state index in [9.17, 15) is 5.11 Å². The van der Waals surface area contributed by atoms with Gasteiger partial charge in [-0.05, 0) is 43.4 Å². The lowest BCUT2D eigenvalue weighted by Crippen LogP contribution is -2.39. The lowest BCUT2D eigenvalue weighted by atomic mass is 9.83. The summed E-state index contributed by atoms with van der Waals surface area (Å²) in [7, 11) is 5.55. The number of ether oxygens (including phenoxy) is 2. The molecule has 0 amide bonds. The number of likely N-dealkylation sites (N-methyl/N-ethyl adjacent to an activating group) is 1. The second kappa shape index (κ2) is 5.63. The van der Waals surface area contributed by atoms with Gasteiger partial charge >= 0.3 is 0 Å². The summed E-state index contributed by atoms with van der Waals surface area (Å²) in [6.07, 6.45) is 0. The molecule has 4 heteroatoms. The maximum Gasteiger partial charge on any atom is 0.131 e. The molecule has 0 saturated heterocycles. The average molecular weight is 299 g/mol. The van der Waals surface area contributed by atoms with Crippen molar-refractivity contribution < 1.29 is 14.6 Å². The number of benzene rings is 2. The molecular formula is C18H21NO3. The summed E-state index contributed by atoms with van der Waals surface area (Å²) in [4.78, 5) is 1.98. The standard InChI is InChI=1S/C18H21NO3/c1-19(2)12-18(20)15-9-8-14(21-3)10-13(15)11-22-17-7-5-4-6-16(17)18/h4-10,20H,11-12H2,1-3H3. The Morgan fingerprint density at radius 3 is 2.68 bits per heavy atom. The topological polar surface area (TPSA) is 41.9 Å². The summed E-state index contributed by atoms with van der Waals surface area (Å²) >= 11 is 0. The van der Waals surface area contributed by atoms with Gasteiger partial charge in [0.15, 0.2) is 0 Å². The normalized spacial score (nSPS) is 19.9. The van der Waals surface area contributed by atoms with Gasteiger partial charge in [0.1, 0.15) is 23.7 Å². The Kier molecular flexibility index (Phi) is 3.81. The zero-order chi connectivity index (χ0) is 15.7. The van der Waals surface area contributed by atoms with Crippen LogP contribution in [0.2, 0.25) is 0 Å². The van der Waals surface area contributed by atoms with Crippen molar-refractivity contribution in [1.29, 1.82) is 0 Å². The predicted molar refractivity (Wildman–Crippen MR) is 85.3 cm³/mol. The molecule has 2 aromatic carbocycles. The van der Waals surface area contributed by atoms with Crippen molar-refractivity contribution in [2.24, 2.45) is 0 Å². The van der Waals surface area contributed by atoms with Crippen molar-refractivity contribution in [3.05, 3.63) is 59.2 Å². The van der Waals surface area contributed by atoms with Gasteiger partial charge in [-0.15, -0.1) is 0 Å². The number of aliphatic hydroxyl groups is 1. The molecule has 0 radical (unpaired) electrons. The maximum atomic E-state index is 11.5. The highest BCUT2D eigenvalue weighted by atomic mass is 16.5. The molecule has 1 atom stereocenters. The molecule has 1 heterocycles.